The largest absolute Gasteiger partial charge is 0.592 e. The van der Waals surface area contributed by atoms with Gasteiger partial charge in [0.2, 0.25) is 11.0 Å². The molecular formula is C25H23ClN2O4S. The van der Waals surface area contributed by atoms with Crippen molar-refractivity contribution in [3.63, 3.8) is 0 Å². The van der Waals surface area contributed by atoms with Gasteiger partial charge >= 0.3 is 0 Å². The van der Waals surface area contributed by atoms with Gasteiger partial charge in [-0.25, -0.2) is 0 Å². The fourth-order valence-electron chi connectivity index (χ4n) is 3.77. The van der Waals surface area contributed by atoms with Crippen molar-refractivity contribution in [3.05, 3.63) is 94.0 Å². The average molecular weight is 483 g/mol. The third-order valence-electron chi connectivity index (χ3n) is 5.59. The number of ketones is 1. The SMILES string of the molecule is COc1ccc(CNC(=O)c2ccc3c(c2)C(=O)C(Cc2cccc(Cl)c2)[S+]([O-])N3C)cc1. The lowest BCUT2D eigenvalue weighted by atomic mass is 9.98. The van der Waals surface area contributed by atoms with E-state index in [-0.39, 0.29) is 11.7 Å². The number of hydrogen-bond acceptors (Lipinski definition) is 5. The molecule has 0 aliphatic carbocycles. The molecule has 0 fully saturated rings. The summed E-state index contributed by atoms with van der Waals surface area (Å²) < 4.78 is 19.7. The quantitative estimate of drug-likeness (QED) is 0.533. The van der Waals surface area contributed by atoms with Crippen LogP contribution in [0.1, 0.15) is 31.8 Å². The van der Waals surface area contributed by atoms with Gasteiger partial charge in [-0.15, -0.1) is 0 Å². The number of halogens is 1. The predicted molar refractivity (Wildman–Crippen MR) is 130 cm³/mol. The summed E-state index contributed by atoms with van der Waals surface area (Å²) in [5.41, 5.74) is 3.07. The molecular weight excluding hydrogens is 460 g/mol. The Kier molecular flexibility index (Phi) is 6.93. The summed E-state index contributed by atoms with van der Waals surface area (Å²) in [6.07, 6.45) is 0.295. The lowest BCUT2D eigenvalue weighted by molar-refractivity contribution is 0.0951. The predicted octanol–water partition coefficient (Wildman–Crippen LogP) is 4.19. The normalized spacial score (nSPS) is 17.5. The van der Waals surface area contributed by atoms with E-state index in [1.165, 1.54) is 0 Å². The van der Waals surface area contributed by atoms with Gasteiger partial charge in [-0.3, -0.25) is 9.59 Å². The first-order valence-electron chi connectivity index (χ1n) is 10.4. The molecule has 0 radical (unpaired) electrons. The van der Waals surface area contributed by atoms with Gasteiger partial charge in [0.1, 0.15) is 5.75 Å². The molecule has 1 heterocycles. The van der Waals surface area contributed by atoms with Crippen molar-refractivity contribution < 1.29 is 18.9 Å². The summed E-state index contributed by atoms with van der Waals surface area (Å²) in [5, 5.41) is 2.68. The highest BCUT2D eigenvalue weighted by molar-refractivity contribution is 7.94. The molecule has 1 aliphatic rings. The molecule has 3 aromatic carbocycles. The smallest absolute Gasteiger partial charge is 0.251 e. The molecule has 0 aromatic heterocycles. The summed E-state index contributed by atoms with van der Waals surface area (Å²) in [4.78, 5) is 26.0. The molecule has 3 aromatic rings. The number of methoxy groups -OCH3 is 1. The molecule has 1 amide bonds. The summed E-state index contributed by atoms with van der Waals surface area (Å²) in [6.45, 7) is 0.342. The zero-order chi connectivity index (χ0) is 23.5. The van der Waals surface area contributed by atoms with Crippen LogP contribution in [0.15, 0.2) is 66.7 Å². The van der Waals surface area contributed by atoms with Gasteiger partial charge in [0.15, 0.2) is 0 Å². The molecule has 0 saturated heterocycles. The fraction of sp³-hybridized carbons (Fsp3) is 0.200. The number of carbonyl (C=O) groups is 2. The van der Waals surface area contributed by atoms with E-state index in [2.05, 4.69) is 5.32 Å². The number of rotatable bonds is 6. The number of benzene rings is 3. The molecule has 2 unspecified atom stereocenters. The van der Waals surface area contributed by atoms with E-state index >= 15 is 0 Å². The van der Waals surface area contributed by atoms with Crippen LogP contribution in [0, 0.1) is 0 Å². The highest BCUT2D eigenvalue weighted by Gasteiger charge is 2.42. The van der Waals surface area contributed by atoms with E-state index in [0.29, 0.717) is 34.8 Å². The second-order valence-corrected chi connectivity index (χ2v) is 9.83. The van der Waals surface area contributed by atoms with E-state index in [1.54, 1.807) is 54.9 Å². The number of ether oxygens (including phenoxy) is 1. The van der Waals surface area contributed by atoms with Crippen LogP contribution in [0.25, 0.3) is 0 Å². The highest BCUT2D eigenvalue weighted by Crippen LogP contribution is 2.34. The zero-order valence-electron chi connectivity index (χ0n) is 18.2. The molecule has 0 spiro atoms. The van der Waals surface area contributed by atoms with Crippen LogP contribution in [0.3, 0.4) is 0 Å². The number of Topliss-reactive ketones (excluding diaryl/α,β-unsaturated/α-hetero) is 1. The van der Waals surface area contributed by atoms with E-state index < -0.39 is 16.6 Å². The molecule has 33 heavy (non-hydrogen) atoms. The summed E-state index contributed by atoms with van der Waals surface area (Å²) in [7, 11) is 3.29. The summed E-state index contributed by atoms with van der Waals surface area (Å²) in [6, 6.07) is 19.5. The maximum atomic E-state index is 13.3. The molecule has 170 valence electrons. The number of amides is 1. The second kappa shape index (κ2) is 9.87. The maximum Gasteiger partial charge on any atom is 0.251 e. The molecule has 1 N–H and O–H groups in total. The Morgan fingerprint density at radius 1 is 1.12 bits per heavy atom. The molecule has 1 aliphatic heterocycles. The van der Waals surface area contributed by atoms with Crippen LogP contribution >= 0.6 is 11.6 Å². The maximum absolute atomic E-state index is 13.3. The zero-order valence-corrected chi connectivity index (χ0v) is 19.8. The van der Waals surface area contributed by atoms with Gasteiger partial charge in [-0.2, -0.15) is 4.31 Å². The molecule has 4 rings (SSSR count). The van der Waals surface area contributed by atoms with Crippen molar-refractivity contribution in [3.8, 4) is 5.75 Å². The van der Waals surface area contributed by atoms with E-state index in [0.717, 1.165) is 16.9 Å². The lowest BCUT2D eigenvalue weighted by Gasteiger charge is -2.33. The van der Waals surface area contributed by atoms with Crippen molar-refractivity contribution in [1.82, 2.24) is 5.32 Å². The Hall–Kier alpha value is -3.00. The Morgan fingerprint density at radius 2 is 1.88 bits per heavy atom. The van der Waals surface area contributed by atoms with Gasteiger partial charge in [0, 0.05) is 23.6 Å². The van der Waals surface area contributed by atoms with Gasteiger partial charge in [-0.1, -0.05) is 35.9 Å². The van der Waals surface area contributed by atoms with Gasteiger partial charge in [-0.05, 0) is 53.6 Å². The minimum atomic E-state index is -1.54. The van der Waals surface area contributed by atoms with Crippen LogP contribution in [0.2, 0.25) is 5.02 Å². The van der Waals surface area contributed by atoms with Gasteiger partial charge < -0.3 is 14.6 Å². The molecule has 8 heteroatoms. The summed E-state index contributed by atoms with van der Waals surface area (Å²) >= 11 is 4.53. The highest BCUT2D eigenvalue weighted by atomic mass is 35.5. The number of nitrogens with zero attached hydrogens (tertiary/aromatic N) is 1. The molecule has 2 atom stereocenters. The minimum absolute atomic E-state index is 0.244. The summed E-state index contributed by atoms with van der Waals surface area (Å²) in [5.74, 6) is 0.209. The Morgan fingerprint density at radius 3 is 2.58 bits per heavy atom. The molecule has 0 saturated carbocycles. The average Bonchev–Trinajstić information content (AvgIpc) is 2.83. The fourth-order valence-corrected chi connectivity index (χ4v) is 5.36. The first-order valence-corrected chi connectivity index (χ1v) is 11.9. The van der Waals surface area contributed by atoms with E-state index in [9.17, 15) is 14.1 Å². The van der Waals surface area contributed by atoms with Crippen molar-refractivity contribution in [1.29, 1.82) is 0 Å². The van der Waals surface area contributed by atoms with Crippen LogP contribution in [-0.4, -0.2) is 35.7 Å². The topological polar surface area (TPSA) is 81.7 Å². The first kappa shape index (κ1) is 23.2. The number of hydrogen-bond donors (Lipinski definition) is 1. The van der Waals surface area contributed by atoms with E-state index in [1.807, 2.05) is 30.3 Å². The Labute approximate surface area is 200 Å². The van der Waals surface area contributed by atoms with Gasteiger partial charge in [0.25, 0.3) is 5.91 Å². The van der Waals surface area contributed by atoms with Crippen LogP contribution in [0.5, 0.6) is 5.75 Å². The minimum Gasteiger partial charge on any atom is -0.592 e. The molecule has 6 nitrogen and oxygen atoms in total. The monoisotopic (exact) mass is 482 g/mol. The van der Waals surface area contributed by atoms with Crippen LogP contribution in [0.4, 0.5) is 5.69 Å². The van der Waals surface area contributed by atoms with Crippen LogP contribution < -0.4 is 14.4 Å². The van der Waals surface area contributed by atoms with Crippen molar-refractivity contribution in [2.45, 2.75) is 18.2 Å². The number of fused-ring (bicyclic) bond motifs is 1. The first-order chi connectivity index (χ1) is 15.9. The van der Waals surface area contributed by atoms with E-state index in [4.69, 9.17) is 16.3 Å². The van der Waals surface area contributed by atoms with Crippen molar-refractivity contribution in [2.75, 3.05) is 18.5 Å². The number of anilines is 1. The van der Waals surface area contributed by atoms with Crippen molar-refractivity contribution in [2.24, 2.45) is 0 Å². The van der Waals surface area contributed by atoms with Crippen LogP contribution in [-0.2, 0) is 24.3 Å². The molecule has 0 bridgehead atoms. The third-order valence-corrected chi connectivity index (χ3v) is 7.43. The number of nitrogens with one attached hydrogen (secondary N) is 1. The lowest BCUT2D eigenvalue weighted by Crippen LogP contribution is -2.47. The Bertz CT molecular complexity index is 1190. The second-order valence-electron chi connectivity index (χ2n) is 7.72. The van der Waals surface area contributed by atoms with Gasteiger partial charge in [0.05, 0.1) is 36.8 Å². The third kappa shape index (κ3) is 5.00. The standard InChI is InChI=1S/C25H23ClN2O4S/c1-28-22-11-8-18(25(30)27-15-16-6-9-20(32-2)10-7-16)14-21(22)24(29)23(33(28)31)13-17-4-3-5-19(26)12-17/h3-12,14,23H,13,15H2,1-2H3,(H,27,30). The Balaban J connectivity index is 1.53. The van der Waals surface area contributed by atoms with Crippen molar-refractivity contribution >= 4 is 40.3 Å². The number of carbonyl (C=O) groups excluding carboxylic acids is 2.